The number of nitrogens with one attached hydrogen (secondary N) is 3. The van der Waals surface area contributed by atoms with E-state index in [0.29, 0.717) is 54.6 Å². The van der Waals surface area contributed by atoms with E-state index in [9.17, 15) is 14.0 Å². The molecule has 3 heterocycles. The number of hydrogen-bond donors (Lipinski definition) is 3. The van der Waals surface area contributed by atoms with Gasteiger partial charge in [0.2, 0.25) is 11.9 Å². The first-order chi connectivity index (χ1) is 19.4. The molecule has 1 fully saturated rings. The standard InChI is InChI=1S/C30H30FN7O2/c1-32-28(40)30(18-21-4-2-15-33-19-21)14-3-17-38(20-30)27(39)22-5-9-25(10-6-22)36-29-34-16-13-26(37-29)35-24-11-7-23(31)8-12-24/h2,4-13,15-16,19H,3,14,17-18,20H2,1H3,(H,32,40)(H2,34,35,36,37). The fourth-order valence-corrected chi connectivity index (χ4v) is 5.05. The number of hydrogen-bond acceptors (Lipinski definition) is 7. The minimum atomic E-state index is -0.711. The lowest BCUT2D eigenvalue weighted by Gasteiger charge is -2.41. The Morgan fingerprint density at radius 2 is 1.73 bits per heavy atom. The van der Waals surface area contributed by atoms with Crippen LogP contribution < -0.4 is 16.0 Å². The largest absolute Gasteiger partial charge is 0.359 e. The van der Waals surface area contributed by atoms with Gasteiger partial charge in [-0.25, -0.2) is 9.37 Å². The number of pyridine rings is 1. The number of likely N-dealkylation sites (tertiary alicyclic amines) is 1. The SMILES string of the molecule is CNC(=O)C1(Cc2cccnc2)CCCN(C(=O)c2ccc(Nc3nccc(Nc4ccc(F)cc4)n3)cc2)C1. The van der Waals surface area contributed by atoms with Crippen LogP contribution >= 0.6 is 0 Å². The Morgan fingerprint density at radius 1 is 0.975 bits per heavy atom. The molecule has 0 radical (unpaired) electrons. The molecule has 1 aliphatic heterocycles. The lowest BCUT2D eigenvalue weighted by molar-refractivity contribution is -0.133. The summed E-state index contributed by atoms with van der Waals surface area (Å²) >= 11 is 0. The lowest BCUT2D eigenvalue weighted by Crippen LogP contribution is -2.54. The molecule has 1 aliphatic rings. The van der Waals surface area contributed by atoms with E-state index in [0.717, 1.165) is 12.0 Å². The van der Waals surface area contributed by atoms with E-state index in [1.165, 1.54) is 12.1 Å². The van der Waals surface area contributed by atoms with Gasteiger partial charge in [0.05, 0.1) is 5.41 Å². The molecular weight excluding hydrogens is 509 g/mol. The number of halogens is 1. The van der Waals surface area contributed by atoms with Crippen LogP contribution in [0, 0.1) is 11.2 Å². The van der Waals surface area contributed by atoms with Gasteiger partial charge in [-0.2, -0.15) is 4.98 Å². The smallest absolute Gasteiger partial charge is 0.253 e. The van der Waals surface area contributed by atoms with Gasteiger partial charge in [-0.1, -0.05) is 6.07 Å². The van der Waals surface area contributed by atoms with Crippen LogP contribution in [-0.4, -0.2) is 51.8 Å². The third kappa shape index (κ3) is 6.23. The van der Waals surface area contributed by atoms with E-state index in [4.69, 9.17) is 0 Å². The van der Waals surface area contributed by atoms with E-state index >= 15 is 0 Å². The molecule has 5 rings (SSSR count). The Labute approximate surface area is 231 Å². The molecule has 0 bridgehead atoms. The quantitative estimate of drug-likeness (QED) is 0.297. The minimum Gasteiger partial charge on any atom is -0.359 e. The van der Waals surface area contributed by atoms with Gasteiger partial charge >= 0.3 is 0 Å². The molecule has 40 heavy (non-hydrogen) atoms. The maximum atomic E-state index is 13.5. The Morgan fingerprint density at radius 3 is 2.45 bits per heavy atom. The number of carbonyl (C=O) groups excluding carboxylic acids is 2. The maximum absolute atomic E-state index is 13.5. The van der Waals surface area contributed by atoms with Crippen LogP contribution in [0.25, 0.3) is 0 Å². The Hall–Kier alpha value is -4.86. The molecule has 3 N–H and O–H groups in total. The van der Waals surface area contributed by atoms with Crippen molar-refractivity contribution in [1.29, 1.82) is 0 Å². The molecule has 2 aromatic carbocycles. The van der Waals surface area contributed by atoms with Crippen LogP contribution in [0.1, 0.15) is 28.8 Å². The molecule has 204 valence electrons. The van der Waals surface area contributed by atoms with Crippen LogP contribution in [0.15, 0.2) is 85.3 Å². The molecule has 4 aromatic rings. The number of nitrogens with zero attached hydrogens (tertiary/aromatic N) is 4. The third-order valence-corrected chi connectivity index (χ3v) is 7.00. The molecule has 0 aliphatic carbocycles. The van der Waals surface area contributed by atoms with Gasteiger partial charge in [0.15, 0.2) is 0 Å². The first-order valence-electron chi connectivity index (χ1n) is 13.1. The van der Waals surface area contributed by atoms with Gasteiger partial charge in [-0.05, 0) is 85.5 Å². The zero-order valence-electron chi connectivity index (χ0n) is 22.1. The van der Waals surface area contributed by atoms with E-state index in [1.54, 1.807) is 73.0 Å². The summed E-state index contributed by atoms with van der Waals surface area (Å²) in [5.41, 5.74) is 2.21. The van der Waals surface area contributed by atoms with E-state index < -0.39 is 5.41 Å². The Kier molecular flexibility index (Phi) is 7.95. The monoisotopic (exact) mass is 539 g/mol. The van der Waals surface area contributed by atoms with Crippen molar-refractivity contribution in [2.75, 3.05) is 30.8 Å². The van der Waals surface area contributed by atoms with Crippen molar-refractivity contribution in [1.82, 2.24) is 25.2 Å². The normalized spacial score (nSPS) is 16.7. The van der Waals surface area contributed by atoms with Crippen molar-refractivity contribution in [3.8, 4) is 0 Å². The second-order valence-corrected chi connectivity index (χ2v) is 9.83. The summed E-state index contributed by atoms with van der Waals surface area (Å²) in [7, 11) is 1.64. The zero-order chi connectivity index (χ0) is 28.0. The fraction of sp³-hybridized carbons (Fsp3) is 0.233. The number of rotatable bonds is 8. The Balaban J connectivity index is 1.26. The zero-order valence-corrected chi connectivity index (χ0v) is 22.1. The summed E-state index contributed by atoms with van der Waals surface area (Å²) in [6.07, 6.45) is 7.04. The third-order valence-electron chi connectivity index (χ3n) is 7.00. The van der Waals surface area contributed by atoms with Gasteiger partial charge in [-0.15, -0.1) is 0 Å². The van der Waals surface area contributed by atoms with E-state index in [-0.39, 0.29) is 17.6 Å². The second kappa shape index (κ2) is 11.9. The summed E-state index contributed by atoms with van der Waals surface area (Å²) in [4.78, 5) is 41.2. The molecule has 2 amide bonds. The van der Waals surface area contributed by atoms with E-state index in [1.807, 2.05) is 12.1 Å². The van der Waals surface area contributed by atoms with Gasteiger partial charge in [0.25, 0.3) is 5.91 Å². The predicted molar refractivity (Wildman–Crippen MR) is 151 cm³/mol. The van der Waals surface area contributed by atoms with Crippen LogP contribution in [0.3, 0.4) is 0 Å². The topological polar surface area (TPSA) is 112 Å². The average Bonchev–Trinajstić information content (AvgIpc) is 2.99. The lowest BCUT2D eigenvalue weighted by atomic mass is 9.74. The highest BCUT2D eigenvalue weighted by atomic mass is 19.1. The van der Waals surface area contributed by atoms with Crippen LogP contribution in [0.4, 0.5) is 27.5 Å². The summed E-state index contributed by atoms with van der Waals surface area (Å²) in [5.74, 6) is 0.421. The first kappa shape index (κ1) is 26.7. The molecular formula is C30H30FN7O2. The molecule has 1 atom stereocenters. The van der Waals surface area contributed by atoms with Crippen molar-refractivity contribution >= 4 is 35.0 Å². The van der Waals surface area contributed by atoms with Crippen molar-refractivity contribution in [3.63, 3.8) is 0 Å². The molecule has 10 heteroatoms. The van der Waals surface area contributed by atoms with Crippen LogP contribution in [0.2, 0.25) is 0 Å². The number of piperidine rings is 1. The molecule has 2 aromatic heterocycles. The average molecular weight is 540 g/mol. The highest BCUT2D eigenvalue weighted by molar-refractivity contribution is 5.95. The van der Waals surface area contributed by atoms with Crippen molar-refractivity contribution < 1.29 is 14.0 Å². The fourth-order valence-electron chi connectivity index (χ4n) is 5.05. The van der Waals surface area contributed by atoms with Crippen molar-refractivity contribution in [3.05, 3.63) is 102 Å². The van der Waals surface area contributed by atoms with E-state index in [2.05, 4.69) is 30.9 Å². The molecule has 0 spiro atoms. The van der Waals surface area contributed by atoms with Crippen molar-refractivity contribution in [2.45, 2.75) is 19.3 Å². The first-order valence-corrected chi connectivity index (χ1v) is 13.1. The molecule has 1 saturated heterocycles. The summed E-state index contributed by atoms with van der Waals surface area (Å²) in [5, 5.41) is 9.06. The van der Waals surface area contributed by atoms with Gasteiger partial charge in [0.1, 0.15) is 11.6 Å². The highest BCUT2D eigenvalue weighted by Gasteiger charge is 2.43. The highest BCUT2D eigenvalue weighted by Crippen LogP contribution is 2.35. The van der Waals surface area contributed by atoms with Gasteiger partial charge in [-0.3, -0.25) is 14.6 Å². The van der Waals surface area contributed by atoms with Crippen LogP contribution in [0.5, 0.6) is 0 Å². The van der Waals surface area contributed by atoms with Crippen molar-refractivity contribution in [2.24, 2.45) is 5.41 Å². The number of benzene rings is 2. The summed E-state index contributed by atoms with van der Waals surface area (Å²) in [6, 6.07) is 18.6. The molecule has 0 saturated carbocycles. The summed E-state index contributed by atoms with van der Waals surface area (Å²) < 4.78 is 13.2. The maximum Gasteiger partial charge on any atom is 0.253 e. The Bertz CT molecular complexity index is 1470. The minimum absolute atomic E-state index is 0.0652. The number of anilines is 4. The number of aromatic nitrogens is 3. The molecule has 1 unspecified atom stereocenters. The molecule has 9 nitrogen and oxygen atoms in total. The van der Waals surface area contributed by atoms with Gasteiger partial charge in [0, 0.05) is 55.7 Å². The van der Waals surface area contributed by atoms with Crippen LogP contribution in [-0.2, 0) is 11.2 Å². The van der Waals surface area contributed by atoms with Gasteiger partial charge < -0.3 is 20.9 Å². The number of carbonyl (C=O) groups is 2. The summed E-state index contributed by atoms with van der Waals surface area (Å²) in [6.45, 7) is 0.925. The predicted octanol–water partition coefficient (Wildman–Crippen LogP) is 4.71. The number of amides is 2. The second-order valence-electron chi connectivity index (χ2n) is 9.83.